The van der Waals surface area contributed by atoms with Crippen LogP contribution in [0.1, 0.15) is 35.7 Å². The van der Waals surface area contributed by atoms with Gasteiger partial charge in [-0.05, 0) is 30.3 Å². The molecule has 1 atom stereocenters. The van der Waals surface area contributed by atoms with Gasteiger partial charge in [0.05, 0.1) is 16.1 Å². The molecule has 1 aromatic heterocycles. The molecule has 4 nitrogen and oxygen atoms in total. The highest BCUT2D eigenvalue weighted by molar-refractivity contribution is 6.30. The highest BCUT2D eigenvalue weighted by Crippen LogP contribution is 2.27. The van der Waals surface area contributed by atoms with Crippen LogP contribution in [0.3, 0.4) is 0 Å². The summed E-state index contributed by atoms with van der Waals surface area (Å²) in [7, 11) is 1.66. The van der Waals surface area contributed by atoms with Gasteiger partial charge < -0.3 is 4.90 Å². The predicted molar refractivity (Wildman–Crippen MR) is 99.2 cm³/mol. The largest absolute Gasteiger partial charge is 0.377 e. The van der Waals surface area contributed by atoms with E-state index in [1.807, 2.05) is 6.92 Å². The van der Waals surface area contributed by atoms with Gasteiger partial charge in [-0.1, -0.05) is 24.9 Å². The molecule has 0 spiro atoms. The molecule has 1 aromatic carbocycles. The second-order valence-electron chi connectivity index (χ2n) is 6.04. The molecule has 144 valence electrons. The fourth-order valence-electron chi connectivity index (χ4n) is 2.52. The van der Waals surface area contributed by atoms with E-state index in [-0.39, 0.29) is 34.8 Å². The van der Waals surface area contributed by atoms with Crippen molar-refractivity contribution in [1.29, 1.82) is 0 Å². The number of aromatic nitrogens is 2. The predicted octanol–water partition coefficient (Wildman–Crippen LogP) is 4.93. The van der Waals surface area contributed by atoms with Crippen molar-refractivity contribution in [2.45, 2.75) is 25.9 Å². The molecule has 27 heavy (non-hydrogen) atoms. The molecular formula is C19H19ClF3N3O. The Labute approximate surface area is 160 Å². The van der Waals surface area contributed by atoms with Crippen molar-refractivity contribution in [3.8, 4) is 11.4 Å². The lowest BCUT2D eigenvalue weighted by atomic mass is 10.0. The number of alkyl halides is 1. The summed E-state index contributed by atoms with van der Waals surface area (Å²) in [4.78, 5) is 20.6. The zero-order chi connectivity index (χ0) is 20.0. The monoisotopic (exact) mass is 397 g/mol. The number of benzene rings is 1. The molecule has 0 saturated heterocycles. The Balaban J connectivity index is 2.38. The van der Waals surface area contributed by atoms with Gasteiger partial charge in [0.15, 0.2) is 23.7 Å². The third-order valence-corrected chi connectivity index (χ3v) is 4.05. The van der Waals surface area contributed by atoms with E-state index < -0.39 is 23.4 Å². The number of hydrogen-bond acceptors (Lipinski definition) is 4. The normalized spacial score (nSPS) is 12.4. The Kier molecular flexibility index (Phi) is 7.36. The molecule has 0 fully saturated rings. The highest BCUT2D eigenvalue weighted by atomic mass is 35.5. The summed E-state index contributed by atoms with van der Waals surface area (Å²) in [6.07, 6.45) is 5.83. The molecule has 2 rings (SSSR count). The number of nitrogens with zero attached hydrogens (tertiary/aromatic N) is 3. The molecule has 1 unspecified atom stereocenters. The number of carbonyl (C=O) groups excluding carboxylic acids is 1. The van der Waals surface area contributed by atoms with Crippen LogP contribution in [0.2, 0.25) is 5.02 Å². The van der Waals surface area contributed by atoms with E-state index >= 15 is 0 Å². The van der Waals surface area contributed by atoms with Crippen molar-refractivity contribution in [1.82, 2.24) is 14.9 Å². The molecule has 1 heterocycles. The van der Waals surface area contributed by atoms with Crippen LogP contribution in [-0.4, -0.2) is 40.9 Å². The van der Waals surface area contributed by atoms with Gasteiger partial charge in [0.2, 0.25) is 0 Å². The molecular weight excluding hydrogens is 379 g/mol. The summed E-state index contributed by atoms with van der Waals surface area (Å²) in [5.74, 6) is -2.59. The average Bonchev–Trinajstić information content (AvgIpc) is 2.63. The van der Waals surface area contributed by atoms with Crippen LogP contribution in [-0.2, 0) is 0 Å². The smallest absolute Gasteiger partial charge is 0.170 e. The number of rotatable bonds is 8. The summed E-state index contributed by atoms with van der Waals surface area (Å²) < 4.78 is 42.4. The maximum atomic E-state index is 14.3. The van der Waals surface area contributed by atoms with Crippen molar-refractivity contribution in [2.75, 3.05) is 13.6 Å². The molecule has 0 radical (unpaired) electrons. The van der Waals surface area contributed by atoms with Crippen molar-refractivity contribution in [3.63, 3.8) is 0 Å². The first-order valence-corrected chi connectivity index (χ1v) is 8.72. The lowest BCUT2D eigenvalue weighted by Gasteiger charge is -2.17. The van der Waals surface area contributed by atoms with Crippen LogP contribution in [0.25, 0.3) is 17.5 Å². The summed E-state index contributed by atoms with van der Waals surface area (Å²) in [6, 6.07) is 1.27. The third-order valence-electron chi connectivity index (χ3n) is 3.85. The van der Waals surface area contributed by atoms with E-state index in [1.165, 1.54) is 30.7 Å². The van der Waals surface area contributed by atoms with Gasteiger partial charge >= 0.3 is 0 Å². The standard InChI is InChI=1S/C19H19ClF3N3O/c1-3-4-14(21)10-26(2)6-5-12-7-15(17(22)18(23)16(12)11-27)19-24-8-13(20)9-25-19/h5-9,11,14H,3-4,10H2,1-2H3/b6-5-. The molecule has 0 aliphatic rings. The Hall–Kier alpha value is -2.41. The van der Waals surface area contributed by atoms with E-state index in [0.29, 0.717) is 6.42 Å². The fourth-order valence-corrected chi connectivity index (χ4v) is 2.61. The number of carbonyl (C=O) groups is 1. The minimum Gasteiger partial charge on any atom is -0.377 e. The average molecular weight is 398 g/mol. The van der Waals surface area contributed by atoms with Gasteiger partial charge in [0, 0.05) is 26.0 Å². The van der Waals surface area contributed by atoms with Crippen LogP contribution in [0.15, 0.2) is 24.7 Å². The number of aldehydes is 1. The molecule has 0 aliphatic carbocycles. The zero-order valence-corrected chi connectivity index (χ0v) is 15.7. The molecule has 2 aromatic rings. The van der Waals surface area contributed by atoms with E-state index in [4.69, 9.17) is 11.6 Å². The Morgan fingerprint density at radius 1 is 1.26 bits per heavy atom. The van der Waals surface area contributed by atoms with Crippen molar-refractivity contribution >= 4 is 24.0 Å². The first kappa shape index (κ1) is 20.9. The van der Waals surface area contributed by atoms with Crippen LogP contribution in [0.5, 0.6) is 0 Å². The fraction of sp³-hybridized carbons (Fsp3) is 0.316. The quantitative estimate of drug-likeness (QED) is 0.592. The minimum absolute atomic E-state index is 0.0666. The van der Waals surface area contributed by atoms with Crippen LogP contribution >= 0.6 is 11.6 Å². The maximum absolute atomic E-state index is 14.3. The summed E-state index contributed by atoms with van der Waals surface area (Å²) in [6.45, 7) is 2.04. The molecule has 0 saturated carbocycles. The summed E-state index contributed by atoms with van der Waals surface area (Å²) in [5.41, 5.74) is -0.498. The van der Waals surface area contributed by atoms with Crippen molar-refractivity contribution in [3.05, 3.63) is 52.4 Å². The molecule has 0 bridgehead atoms. The van der Waals surface area contributed by atoms with Gasteiger partial charge in [0.1, 0.15) is 6.17 Å². The first-order chi connectivity index (χ1) is 12.9. The second kappa shape index (κ2) is 9.50. The number of hydrogen-bond donors (Lipinski definition) is 0. The van der Waals surface area contributed by atoms with Gasteiger partial charge in [-0.15, -0.1) is 0 Å². The molecule has 0 N–H and O–H groups in total. The summed E-state index contributed by atoms with van der Waals surface area (Å²) in [5, 5.41) is 0.249. The van der Waals surface area contributed by atoms with E-state index in [9.17, 15) is 18.0 Å². The van der Waals surface area contributed by atoms with Gasteiger partial charge in [-0.3, -0.25) is 4.79 Å². The van der Waals surface area contributed by atoms with E-state index in [2.05, 4.69) is 9.97 Å². The summed E-state index contributed by atoms with van der Waals surface area (Å²) >= 11 is 5.71. The lowest BCUT2D eigenvalue weighted by Crippen LogP contribution is -2.21. The Morgan fingerprint density at radius 3 is 2.52 bits per heavy atom. The number of halogens is 4. The highest BCUT2D eigenvalue weighted by Gasteiger charge is 2.19. The van der Waals surface area contributed by atoms with Crippen molar-refractivity contribution < 1.29 is 18.0 Å². The van der Waals surface area contributed by atoms with Crippen molar-refractivity contribution in [2.24, 2.45) is 0 Å². The minimum atomic E-state index is -1.29. The topological polar surface area (TPSA) is 46.1 Å². The van der Waals surface area contributed by atoms with Gasteiger partial charge in [-0.25, -0.2) is 23.1 Å². The van der Waals surface area contributed by atoms with E-state index in [0.717, 1.165) is 6.42 Å². The first-order valence-electron chi connectivity index (χ1n) is 8.35. The molecule has 8 heteroatoms. The lowest BCUT2D eigenvalue weighted by molar-refractivity contribution is 0.111. The maximum Gasteiger partial charge on any atom is 0.170 e. The zero-order valence-electron chi connectivity index (χ0n) is 14.9. The second-order valence-corrected chi connectivity index (χ2v) is 6.48. The van der Waals surface area contributed by atoms with Crippen LogP contribution in [0, 0.1) is 11.6 Å². The molecule has 0 amide bonds. The van der Waals surface area contributed by atoms with Crippen LogP contribution in [0.4, 0.5) is 13.2 Å². The van der Waals surface area contributed by atoms with Gasteiger partial charge in [-0.2, -0.15) is 0 Å². The Morgan fingerprint density at radius 2 is 1.93 bits per heavy atom. The SMILES string of the molecule is CCCC(F)CN(C)/C=C\c1cc(-c2ncc(Cl)cn2)c(F)c(F)c1C=O. The third kappa shape index (κ3) is 5.29. The molecule has 0 aliphatic heterocycles. The van der Waals surface area contributed by atoms with Crippen LogP contribution < -0.4 is 0 Å². The van der Waals surface area contributed by atoms with E-state index in [1.54, 1.807) is 11.9 Å². The van der Waals surface area contributed by atoms with Gasteiger partial charge in [0.25, 0.3) is 0 Å². The Bertz CT molecular complexity index is 828.